The van der Waals surface area contributed by atoms with E-state index in [1.165, 1.54) is 5.56 Å². The van der Waals surface area contributed by atoms with Crippen molar-refractivity contribution in [2.24, 2.45) is 0 Å². The average molecular weight is 265 g/mol. The van der Waals surface area contributed by atoms with Gasteiger partial charge in [-0.1, -0.05) is 6.07 Å². The Kier molecular flexibility index (Phi) is 3.56. The van der Waals surface area contributed by atoms with E-state index in [0.29, 0.717) is 13.2 Å². The molecule has 1 unspecified atom stereocenters. The van der Waals surface area contributed by atoms with Gasteiger partial charge in [0.05, 0.1) is 13.2 Å². The lowest BCUT2D eigenvalue weighted by Gasteiger charge is -2.23. The third-order valence-corrected chi connectivity index (χ3v) is 4.05. The highest BCUT2D eigenvalue weighted by atomic mass is 19.1. The van der Waals surface area contributed by atoms with E-state index in [9.17, 15) is 4.39 Å². The molecule has 1 aliphatic heterocycles. The minimum Gasteiger partial charge on any atom is -0.348 e. The monoisotopic (exact) mass is 265 g/mol. The number of halogens is 1. The normalized spacial score (nSPS) is 24.6. The molecule has 0 amide bonds. The molecule has 19 heavy (non-hydrogen) atoms. The predicted molar refractivity (Wildman–Crippen MR) is 70.4 cm³/mol. The van der Waals surface area contributed by atoms with Crippen molar-refractivity contribution in [1.29, 1.82) is 0 Å². The highest BCUT2D eigenvalue weighted by Crippen LogP contribution is 2.32. The number of rotatable bonds is 4. The van der Waals surface area contributed by atoms with E-state index in [2.05, 4.69) is 5.32 Å². The Labute approximate surface area is 113 Å². The lowest BCUT2D eigenvalue weighted by atomic mass is 10.1. The molecule has 1 N–H and O–H groups in total. The van der Waals surface area contributed by atoms with Crippen LogP contribution >= 0.6 is 0 Å². The maximum Gasteiger partial charge on any atom is 0.166 e. The Hall–Kier alpha value is -0.970. The highest BCUT2D eigenvalue weighted by Gasteiger charge is 2.31. The molecule has 1 atom stereocenters. The molecule has 2 aliphatic rings. The van der Waals surface area contributed by atoms with Crippen LogP contribution in [-0.2, 0) is 15.9 Å². The molecule has 1 aliphatic carbocycles. The van der Waals surface area contributed by atoms with E-state index in [-0.39, 0.29) is 11.9 Å². The fraction of sp³-hybridized carbons (Fsp3) is 0.600. The maximum atomic E-state index is 13.3. The standard InChI is InChI=1S/C15H20FNO2/c1-15(18-8-9-19-15)6-7-17-14-5-3-11-2-4-12(16)10-13(11)14/h2,4,10,14,17H,3,5-9H2,1H3. The number of ether oxygens (including phenoxy) is 2. The van der Waals surface area contributed by atoms with E-state index in [1.54, 1.807) is 12.1 Å². The molecule has 1 fully saturated rings. The Morgan fingerprint density at radius 1 is 1.37 bits per heavy atom. The first-order chi connectivity index (χ1) is 9.16. The largest absolute Gasteiger partial charge is 0.348 e. The zero-order chi connectivity index (χ0) is 13.3. The Bertz CT molecular complexity index is 457. The van der Waals surface area contributed by atoms with Crippen molar-refractivity contribution < 1.29 is 13.9 Å². The third kappa shape index (κ3) is 2.81. The van der Waals surface area contributed by atoms with Crippen molar-refractivity contribution in [2.75, 3.05) is 19.8 Å². The molecule has 0 radical (unpaired) electrons. The van der Waals surface area contributed by atoms with Crippen molar-refractivity contribution in [3.63, 3.8) is 0 Å². The summed E-state index contributed by atoms with van der Waals surface area (Å²) in [6.07, 6.45) is 2.88. The van der Waals surface area contributed by atoms with Gasteiger partial charge in [-0.15, -0.1) is 0 Å². The minimum atomic E-state index is -0.448. The van der Waals surface area contributed by atoms with E-state index in [1.807, 2.05) is 13.0 Å². The number of fused-ring (bicyclic) bond motifs is 1. The summed E-state index contributed by atoms with van der Waals surface area (Å²) >= 11 is 0. The molecule has 0 aromatic heterocycles. The fourth-order valence-corrected chi connectivity index (χ4v) is 2.96. The van der Waals surface area contributed by atoms with Gasteiger partial charge in [0, 0.05) is 19.0 Å². The van der Waals surface area contributed by atoms with Gasteiger partial charge in [-0.25, -0.2) is 4.39 Å². The summed E-state index contributed by atoms with van der Waals surface area (Å²) in [7, 11) is 0. The molecule has 1 aromatic carbocycles. The number of aryl methyl sites for hydroxylation is 1. The topological polar surface area (TPSA) is 30.5 Å². The quantitative estimate of drug-likeness (QED) is 0.907. The lowest BCUT2D eigenvalue weighted by Crippen LogP contribution is -2.32. The van der Waals surface area contributed by atoms with Crippen LogP contribution in [0.25, 0.3) is 0 Å². The van der Waals surface area contributed by atoms with Crippen LogP contribution in [0.15, 0.2) is 18.2 Å². The molecule has 4 heteroatoms. The number of hydrogen-bond acceptors (Lipinski definition) is 3. The van der Waals surface area contributed by atoms with Crippen LogP contribution in [0.1, 0.15) is 36.9 Å². The third-order valence-electron chi connectivity index (χ3n) is 4.05. The summed E-state index contributed by atoms with van der Waals surface area (Å²) in [6, 6.07) is 5.36. The smallest absolute Gasteiger partial charge is 0.166 e. The predicted octanol–water partition coefficient (Wildman–Crippen LogP) is 2.56. The van der Waals surface area contributed by atoms with Crippen molar-refractivity contribution in [2.45, 2.75) is 38.0 Å². The molecular weight excluding hydrogens is 245 g/mol. The maximum absolute atomic E-state index is 13.3. The molecule has 1 aromatic rings. The zero-order valence-corrected chi connectivity index (χ0v) is 11.2. The fourth-order valence-electron chi connectivity index (χ4n) is 2.96. The van der Waals surface area contributed by atoms with E-state index < -0.39 is 5.79 Å². The van der Waals surface area contributed by atoms with Gasteiger partial charge in [0.15, 0.2) is 5.79 Å². The summed E-state index contributed by atoms with van der Waals surface area (Å²) in [6.45, 7) is 4.14. The highest BCUT2D eigenvalue weighted by molar-refractivity contribution is 5.34. The molecule has 3 rings (SSSR count). The van der Waals surface area contributed by atoms with Crippen LogP contribution in [-0.4, -0.2) is 25.5 Å². The lowest BCUT2D eigenvalue weighted by molar-refractivity contribution is -0.145. The zero-order valence-electron chi connectivity index (χ0n) is 11.2. The summed E-state index contributed by atoms with van der Waals surface area (Å²) in [4.78, 5) is 0. The van der Waals surface area contributed by atoms with Gasteiger partial charge in [0.25, 0.3) is 0 Å². The van der Waals surface area contributed by atoms with Crippen molar-refractivity contribution in [1.82, 2.24) is 5.32 Å². The van der Waals surface area contributed by atoms with Gasteiger partial charge in [-0.05, 0) is 43.0 Å². The van der Waals surface area contributed by atoms with Crippen LogP contribution in [0.4, 0.5) is 4.39 Å². The number of benzene rings is 1. The summed E-state index contributed by atoms with van der Waals surface area (Å²) < 4.78 is 24.4. The first-order valence-electron chi connectivity index (χ1n) is 6.96. The molecule has 104 valence electrons. The van der Waals surface area contributed by atoms with Crippen LogP contribution in [0, 0.1) is 5.82 Å². The van der Waals surface area contributed by atoms with Gasteiger partial charge in [0.1, 0.15) is 5.82 Å². The number of hydrogen-bond donors (Lipinski definition) is 1. The van der Waals surface area contributed by atoms with Crippen LogP contribution in [0.2, 0.25) is 0 Å². The van der Waals surface area contributed by atoms with Gasteiger partial charge in [-0.2, -0.15) is 0 Å². The van der Waals surface area contributed by atoms with Crippen molar-refractivity contribution in [3.8, 4) is 0 Å². The Balaban J connectivity index is 1.56. The summed E-state index contributed by atoms with van der Waals surface area (Å²) in [5.74, 6) is -0.599. The second kappa shape index (κ2) is 5.19. The Morgan fingerprint density at radius 2 is 2.16 bits per heavy atom. The second-order valence-corrected chi connectivity index (χ2v) is 5.47. The van der Waals surface area contributed by atoms with Gasteiger partial charge >= 0.3 is 0 Å². The molecule has 1 heterocycles. The summed E-state index contributed by atoms with van der Waals surface area (Å²) in [5.41, 5.74) is 2.37. The van der Waals surface area contributed by atoms with Gasteiger partial charge in [-0.3, -0.25) is 0 Å². The molecular formula is C15H20FNO2. The van der Waals surface area contributed by atoms with Crippen molar-refractivity contribution >= 4 is 0 Å². The SMILES string of the molecule is CC1(CCNC2CCc3ccc(F)cc32)OCCO1. The van der Waals surface area contributed by atoms with E-state index in [4.69, 9.17) is 9.47 Å². The van der Waals surface area contributed by atoms with Gasteiger partial charge in [0.2, 0.25) is 0 Å². The van der Waals surface area contributed by atoms with Crippen molar-refractivity contribution in [3.05, 3.63) is 35.1 Å². The van der Waals surface area contributed by atoms with Crippen LogP contribution in [0.5, 0.6) is 0 Å². The first-order valence-corrected chi connectivity index (χ1v) is 6.96. The van der Waals surface area contributed by atoms with Crippen LogP contribution in [0.3, 0.4) is 0 Å². The average Bonchev–Trinajstić information content (AvgIpc) is 2.97. The molecule has 0 spiro atoms. The van der Waals surface area contributed by atoms with E-state index in [0.717, 1.165) is 31.4 Å². The van der Waals surface area contributed by atoms with Gasteiger partial charge < -0.3 is 14.8 Å². The molecule has 1 saturated heterocycles. The Morgan fingerprint density at radius 3 is 2.95 bits per heavy atom. The molecule has 3 nitrogen and oxygen atoms in total. The molecule has 0 saturated carbocycles. The molecule has 0 bridgehead atoms. The second-order valence-electron chi connectivity index (χ2n) is 5.47. The first kappa shape index (κ1) is 13.0. The van der Waals surface area contributed by atoms with Crippen LogP contribution < -0.4 is 5.32 Å². The van der Waals surface area contributed by atoms with E-state index >= 15 is 0 Å². The minimum absolute atomic E-state index is 0.151. The number of nitrogens with one attached hydrogen (secondary N) is 1. The summed E-state index contributed by atoms with van der Waals surface area (Å²) in [5, 5.41) is 3.49.